The lowest BCUT2D eigenvalue weighted by atomic mass is 9.87. The van der Waals surface area contributed by atoms with Gasteiger partial charge >= 0.3 is 5.97 Å². The van der Waals surface area contributed by atoms with Crippen molar-refractivity contribution in [1.82, 2.24) is 0 Å². The van der Waals surface area contributed by atoms with Crippen LogP contribution in [0.1, 0.15) is 77.8 Å². The second-order valence-electron chi connectivity index (χ2n) is 9.28. The van der Waals surface area contributed by atoms with Gasteiger partial charge in [0.15, 0.2) is 0 Å². The maximum absolute atomic E-state index is 13.1. The number of carbonyl (C=O) groups excluding carboxylic acids is 1. The molecule has 0 heterocycles. The normalized spacial score (nSPS) is 21.2. The summed E-state index contributed by atoms with van der Waals surface area (Å²) in [7, 11) is -1.03. The zero-order valence-corrected chi connectivity index (χ0v) is 19.8. The molecule has 1 aliphatic carbocycles. The van der Waals surface area contributed by atoms with Gasteiger partial charge in [-0.3, -0.25) is 9.00 Å². The Morgan fingerprint density at radius 2 is 1.72 bits per heavy atom. The lowest BCUT2D eigenvalue weighted by Crippen LogP contribution is -3.11. The van der Waals surface area contributed by atoms with Gasteiger partial charge in [0.25, 0.3) is 0 Å². The van der Waals surface area contributed by atoms with Crippen molar-refractivity contribution in [1.29, 1.82) is 0 Å². The van der Waals surface area contributed by atoms with Crippen molar-refractivity contribution < 1.29 is 18.6 Å². The van der Waals surface area contributed by atoms with E-state index < -0.39 is 10.8 Å². The maximum atomic E-state index is 13.1. The summed E-state index contributed by atoms with van der Waals surface area (Å²) in [5, 5.41) is -0.0456. The Morgan fingerprint density at radius 1 is 1.10 bits per heavy atom. The van der Waals surface area contributed by atoms with Crippen molar-refractivity contribution in [3.05, 3.63) is 35.4 Å². The molecule has 0 aliphatic heterocycles. The van der Waals surface area contributed by atoms with Gasteiger partial charge in [-0.1, -0.05) is 51.5 Å². The fourth-order valence-electron chi connectivity index (χ4n) is 3.98. The molecule has 5 heteroatoms. The van der Waals surface area contributed by atoms with Crippen LogP contribution in [-0.4, -0.2) is 41.2 Å². The van der Waals surface area contributed by atoms with Crippen LogP contribution in [0.2, 0.25) is 0 Å². The van der Waals surface area contributed by atoms with Crippen LogP contribution in [0.4, 0.5) is 0 Å². The minimum absolute atomic E-state index is 0.0456. The van der Waals surface area contributed by atoms with Crippen molar-refractivity contribution >= 4 is 16.8 Å². The standard InChI is InChI=1S/C24H39NO3S/c1-6-25(7-2)17-16-23(26)28-21-10-8-9-11-22(21)29(27)18-19-12-14-20(15-13-19)24(3,4)5/h12-15,21-22H,6-11,16-18H2,1-5H3/p+1/t21-,22-,29+/m0/s1. The molecule has 1 aliphatic rings. The van der Waals surface area contributed by atoms with E-state index in [9.17, 15) is 9.00 Å². The lowest BCUT2D eigenvalue weighted by molar-refractivity contribution is -0.895. The molecule has 3 atom stereocenters. The molecule has 0 saturated heterocycles. The van der Waals surface area contributed by atoms with E-state index in [1.165, 1.54) is 10.5 Å². The highest BCUT2D eigenvalue weighted by atomic mass is 32.2. The number of rotatable bonds is 9. The van der Waals surface area contributed by atoms with Gasteiger partial charge in [-0.25, -0.2) is 0 Å². The molecule has 0 spiro atoms. The van der Waals surface area contributed by atoms with Crippen LogP contribution in [-0.2, 0) is 31.5 Å². The van der Waals surface area contributed by atoms with E-state index in [1.54, 1.807) is 0 Å². The van der Waals surface area contributed by atoms with Crippen LogP contribution < -0.4 is 4.90 Å². The van der Waals surface area contributed by atoms with Gasteiger partial charge < -0.3 is 9.64 Å². The van der Waals surface area contributed by atoms with Crippen LogP contribution in [0.3, 0.4) is 0 Å². The molecule has 1 saturated carbocycles. The van der Waals surface area contributed by atoms with Crippen molar-refractivity contribution in [2.24, 2.45) is 0 Å². The molecule has 0 radical (unpaired) electrons. The summed E-state index contributed by atoms with van der Waals surface area (Å²) in [6.45, 7) is 13.7. The van der Waals surface area contributed by atoms with Gasteiger partial charge in [-0.05, 0) is 49.7 Å². The van der Waals surface area contributed by atoms with Gasteiger partial charge in [0.1, 0.15) is 6.10 Å². The van der Waals surface area contributed by atoms with Crippen molar-refractivity contribution in [2.75, 3.05) is 19.6 Å². The van der Waals surface area contributed by atoms with Crippen LogP contribution in [0.15, 0.2) is 24.3 Å². The Hall–Kier alpha value is -1.20. The van der Waals surface area contributed by atoms with E-state index >= 15 is 0 Å². The van der Waals surface area contributed by atoms with Gasteiger partial charge in [0.05, 0.1) is 31.3 Å². The zero-order chi connectivity index (χ0) is 21.4. The number of hydrogen-bond acceptors (Lipinski definition) is 3. The monoisotopic (exact) mass is 422 g/mol. The molecule has 2 rings (SSSR count). The highest BCUT2D eigenvalue weighted by molar-refractivity contribution is 7.84. The average molecular weight is 423 g/mol. The third kappa shape index (κ3) is 7.53. The molecule has 164 valence electrons. The van der Waals surface area contributed by atoms with Crippen LogP contribution in [0.25, 0.3) is 0 Å². The Balaban J connectivity index is 1.94. The van der Waals surface area contributed by atoms with Crippen LogP contribution in [0, 0.1) is 0 Å². The number of carbonyl (C=O) groups is 1. The fraction of sp³-hybridized carbons (Fsp3) is 0.708. The van der Waals surface area contributed by atoms with Crippen molar-refractivity contribution in [3.8, 4) is 0 Å². The highest BCUT2D eigenvalue weighted by Gasteiger charge is 2.33. The first-order chi connectivity index (χ1) is 13.7. The first-order valence-corrected chi connectivity index (χ1v) is 12.6. The average Bonchev–Trinajstić information content (AvgIpc) is 2.69. The van der Waals surface area contributed by atoms with Gasteiger partial charge in [-0.15, -0.1) is 0 Å². The highest BCUT2D eigenvalue weighted by Crippen LogP contribution is 2.28. The first-order valence-electron chi connectivity index (χ1n) is 11.2. The predicted octanol–water partition coefficient (Wildman–Crippen LogP) is 3.40. The topological polar surface area (TPSA) is 47.8 Å². The number of nitrogens with one attached hydrogen (secondary N) is 1. The summed E-state index contributed by atoms with van der Waals surface area (Å²) in [6, 6.07) is 8.46. The summed E-state index contributed by atoms with van der Waals surface area (Å²) in [5.41, 5.74) is 2.50. The quantitative estimate of drug-likeness (QED) is 0.621. The van der Waals surface area contributed by atoms with Crippen molar-refractivity contribution in [3.63, 3.8) is 0 Å². The molecule has 0 bridgehead atoms. The molecule has 1 aromatic carbocycles. The second kappa shape index (κ2) is 11.3. The minimum atomic E-state index is -1.03. The fourth-order valence-corrected chi connectivity index (χ4v) is 5.68. The minimum Gasteiger partial charge on any atom is -0.461 e. The number of ether oxygens (including phenoxy) is 1. The van der Waals surface area contributed by atoms with E-state index in [1.807, 2.05) is 0 Å². The predicted molar refractivity (Wildman–Crippen MR) is 121 cm³/mol. The number of quaternary nitrogens is 1. The molecule has 1 fully saturated rings. The summed E-state index contributed by atoms with van der Waals surface area (Å²) in [5.74, 6) is 0.403. The molecule has 1 aromatic rings. The van der Waals surface area contributed by atoms with Crippen LogP contribution in [0.5, 0.6) is 0 Å². The molecule has 0 unspecified atom stereocenters. The Kier molecular flexibility index (Phi) is 9.35. The Bertz CT molecular complexity index is 662. The molecule has 1 N–H and O–H groups in total. The van der Waals surface area contributed by atoms with E-state index in [0.29, 0.717) is 12.2 Å². The molecule has 29 heavy (non-hydrogen) atoms. The Labute approximate surface area is 179 Å². The van der Waals surface area contributed by atoms with E-state index in [4.69, 9.17) is 4.74 Å². The Morgan fingerprint density at radius 3 is 2.31 bits per heavy atom. The largest absolute Gasteiger partial charge is 0.461 e. The first kappa shape index (κ1) is 24.1. The molecule has 0 amide bonds. The summed E-state index contributed by atoms with van der Waals surface area (Å²) in [4.78, 5) is 13.8. The second-order valence-corrected chi connectivity index (χ2v) is 10.9. The van der Waals surface area contributed by atoms with Gasteiger partial charge in [0, 0.05) is 16.6 Å². The third-order valence-corrected chi connectivity index (χ3v) is 7.91. The van der Waals surface area contributed by atoms with Gasteiger partial charge in [-0.2, -0.15) is 0 Å². The lowest BCUT2D eigenvalue weighted by Gasteiger charge is -2.30. The van der Waals surface area contributed by atoms with Gasteiger partial charge in [0.2, 0.25) is 0 Å². The van der Waals surface area contributed by atoms with Crippen molar-refractivity contribution in [2.45, 2.75) is 89.2 Å². The van der Waals surface area contributed by atoms with Crippen LogP contribution >= 0.6 is 0 Å². The van der Waals surface area contributed by atoms with E-state index in [-0.39, 0.29) is 22.7 Å². The summed E-state index contributed by atoms with van der Waals surface area (Å²) in [6.07, 6.45) is 4.08. The molecule has 0 aromatic heterocycles. The number of hydrogen-bond donors (Lipinski definition) is 1. The smallest absolute Gasteiger partial charge is 0.311 e. The maximum Gasteiger partial charge on any atom is 0.311 e. The summed E-state index contributed by atoms with van der Waals surface area (Å²) >= 11 is 0. The number of esters is 1. The summed E-state index contributed by atoms with van der Waals surface area (Å²) < 4.78 is 18.9. The molecular weight excluding hydrogens is 382 g/mol. The zero-order valence-electron chi connectivity index (χ0n) is 19.0. The van der Waals surface area contributed by atoms with E-state index in [0.717, 1.165) is 50.9 Å². The molecular formula is C24H40NO3S+. The van der Waals surface area contributed by atoms with E-state index in [2.05, 4.69) is 58.9 Å². The SMILES string of the molecule is CC[NH+](CC)CCC(=O)O[C@H]1CCCC[C@@H]1[S@](=O)Cc1ccc(C(C)(C)C)cc1. The molecule has 4 nitrogen and oxygen atoms in total. The third-order valence-electron chi connectivity index (χ3n) is 6.07. The number of benzene rings is 1.